The van der Waals surface area contributed by atoms with Crippen LogP contribution in [-0.2, 0) is 23.7 Å². The highest BCUT2D eigenvalue weighted by Crippen LogP contribution is 2.56. The van der Waals surface area contributed by atoms with E-state index >= 15 is 0 Å². The molecule has 0 aliphatic heterocycles. The summed E-state index contributed by atoms with van der Waals surface area (Å²) in [7, 11) is 0. The smallest absolute Gasteiger partial charge is 0.123 e. The lowest BCUT2D eigenvalue weighted by Crippen LogP contribution is -2.52. The number of nitrogens with one attached hydrogen (secondary N) is 2. The Morgan fingerprint density at radius 3 is 1.33 bits per heavy atom. The molecule has 8 aromatic rings. The molecule has 4 aliphatic rings. The number of rotatable bonds is 12. The molecule has 4 N–H and O–H groups in total. The summed E-state index contributed by atoms with van der Waals surface area (Å²) in [6.07, 6.45) is 17.9. The summed E-state index contributed by atoms with van der Waals surface area (Å²) in [5.41, 5.74) is 10.9. The van der Waals surface area contributed by atoms with Crippen molar-refractivity contribution in [2.75, 3.05) is 13.1 Å². The maximum Gasteiger partial charge on any atom is 0.123 e. The Labute approximate surface area is 448 Å². The zero-order valence-electron chi connectivity index (χ0n) is 44.9. The van der Waals surface area contributed by atoms with Crippen LogP contribution in [-0.4, -0.2) is 54.1 Å². The van der Waals surface area contributed by atoms with Gasteiger partial charge in [0.05, 0.1) is 46.0 Å². The lowest BCUT2D eigenvalue weighted by atomic mass is 9.57. The molecule has 0 spiro atoms. The van der Waals surface area contributed by atoms with Crippen molar-refractivity contribution in [3.63, 3.8) is 0 Å². The number of aliphatic hydroxyl groups is 2. The first-order valence-corrected chi connectivity index (χ1v) is 28.4. The quantitative estimate of drug-likeness (QED) is 0.0973. The molecule has 2 aromatic heterocycles. The van der Waals surface area contributed by atoms with Crippen molar-refractivity contribution < 1.29 is 19.0 Å². The van der Waals surface area contributed by atoms with Gasteiger partial charge in [0.2, 0.25) is 0 Å². The van der Waals surface area contributed by atoms with Crippen LogP contribution in [0.2, 0.25) is 0 Å². The van der Waals surface area contributed by atoms with Crippen LogP contribution in [0.5, 0.6) is 0 Å². The van der Waals surface area contributed by atoms with Gasteiger partial charge in [-0.3, -0.25) is 0 Å². The Hall–Kier alpha value is -6.04. The van der Waals surface area contributed by atoms with Gasteiger partial charge in [-0.25, -0.2) is 18.1 Å². The highest BCUT2D eigenvalue weighted by atomic mass is 19.1. The predicted molar refractivity (Wildman–Crippen MR) is 302 cm³/mol. The summed E-state index contributed by atoms with van der Waals surface area (Å²) >= 11 is 0. The Bertz CT molecular complexity index is 3050. The van der Waals surface area contributed by atoms with Crippen LogP contribution in [0.25, 0.3) is 33.2 Å². The fraction of sp³-hybridized carbons (Fsp3) is 0.424. The van der Waals surface area contributed by atoms with Crippen molar-refractivity contribution >= 4 is 21.8 Å². The molecule has 2 heterocycles. The van der Waals surface area contributed by atoms with Crippen LogP contribution in [0.4, 0.5) is 8.78 Å². The topological polar surface area (TPSA) is 100 Å². The second kappa shape index (κ2) is 21.4. The van der Waals surface area contributed by atoms with Crippen molar-refractivity contribution in [3.05, 3.63) is 191 Å². The molecule has 0 bridgehead atoms. The SMILES string of the molecule is CC[C@@]12CC[C@@](O)(CN[C@H](C)c3ccccc3)C[C@H]1CCCc1cc3c(cnn3-c3ccc(F)cc3)cc12.CC[C@]12CC[C@](O)(CN[C@H](C)c3ccccc3)C[C@@H]1CCCc1cc3c(cnn3-c3ccc(F)cc3)cc12. The maximum absolute atomic E-state index is 13.5. The Balaban J connectivity index is 0.000000162. The number of aromatic nitrogens is 4. The molecule has 8 nitrogen and oxygen atoms in total. The van der Waals surface area contributed by atoms with Gasteiger partial charge in [0.15, 0.2) is 0 Å². The van der Waals surface area contributed by atoms with Gasteiger partial charge in [0.25, 0.3) is 0 Å². The molecule has 10 heteroatoms. The summed E-state index contributed by atoms with van der Waals surface area (Å²) in [5.74, 6) is 0.422. The minimum absolute atomic E-state index is 0.0786. The molecule has 2 fully saturated rings. The zero-order valence-corrected chi connectivity index (χ0v) is 44.9. The molecule has 4 aliphatic carbocycles. The molecular weight excluding hydrogens is 947 g/mol. The molecule has 396 valence electrons. The molecule has 0 radical (unpaired) electrons. The van der Waals surface area contributed by atoms with Gasteiger partial charge in [-0.2, -0.15) is 10.2 Å². The fourth-order valence-corrected chi connectivity index (χ4v) is 14.6. The molecule has 12 rings (SSSR count). The first-order valence-electron chi connectivity index (χ1n) is 28.4. The summed E-state index contributed by atoms with van der Waals surface area (Å²) in [4.78, 5) is 0. The van der Waals surface area contributed by atoms with E-state index in [0.717, 1.165) is 123 Å². The van der Waals surface area contributed by atoms with Gasteiger partial charge in [0, 0.05) is 35.9 Å². The Kier molecular flexibility index (Phi) is 14.7. The largest absolute Gasteiger partial charge is 0.389 e. The van der Waals surface area contributed by atoms with Gasteiger partial charge >= 0.3 is 0 Å². The van der Waals surface area contributed by atoms with Crippen LogP contribution < -0.4 is 10.6 Å². The third-order valence-corrected chi connectivity index (χ3v) is 19.0. The Morgan fingerprint density at radius 2 is 0.947 bits per heavy atom. The lowest BCUT2D eigenvalue weighted by molar-refractivity contribution is -0.0481. The van der Waals surface area contributed by atoms with Crippen LogP contribution >= 0.6 is 0 Å². The van der Waals surface area contributed by atoms with E-state index in [1.807, 2.05) is 33.9 Å². The fourth-order valence-electron chi connectivity index (χ4n) is 14.6. The van der Waals surface area contributed by atoms with E-state index in [9.17, 15) is 19.0 Å². The van der Waals surface area contributed by atoms with Crippen molar-refractivity contribution in [2.24, 2.45) is 11.8 Å². The monoisotopic (exact) mass is 1020 g/mol. The van der Waals surface area contributed by atoms with Crippen LogP contribution in [0.3, 0.4) is 0 Å². The zero-order chi connectivity index (χ0) is 52.7. The molecule has 76 heavy (non-hydrogen) atoms. The van der Waals surface area contributed by atoms with E-state index in [1.165, 1.54) is 57.6 Å². The summed E-state index contributed by atoms with van der Waals surface area (Å²) in [6.45, 7) is 10.3. The number of fused-ring (bicyclic) bond motifs is 8. The molecule has 0 unspecified atom stereocenters. The van der Waals surface area contributed by atoms with Crippen LogP contribution in [0, 0.1) is 23.5 Å². The third-order valence-electron chi connectivity index (χ3n) is 19.0. The summed E-state index contributed by atoms with van der Waals surface area (Å²) in [5, 5.41) is 42.4. The van der Waals surface area contributed by atoms with Gasteiger partial charge in [0.1, 0.15) is 11.6 Å². The van der Waals surface area contributed by atoms with Crippen molar-refractivity contribution in [1.82, 2.24) is 30.2 Å². The molecule has 2 saturated carbocycles. The van der Waals surface area contributed by atoms with Crippen LogP contribution in [0.15, 0.2) is 146 Å². The second-order valence-corrected chi connectivity index (χ2v) is 23.3. The molecule has 8 atom stereocenters. The van der Waals surface area contributed by atoms with Crippen molar-refractivity contribution in [2.45, 2.75) is 152 Å². The van der Waals surface area contributed by atoms with E-state index in [0.29, 0.717) is 24.9 Å². The standard InChI is InChI=1S/2C33H38FN3O/c2*1-3-33-17-16-32(38,22-35-23(2)24-8-5-4-6-9-24)20-27(33)11-7-10-25-19-31-26(18-30(25)33)21-36-37(31)29-14-12-28(34)13-15-29/h2*4-6,8-9,12-15,18-19,21,23,27,35,38H,3,7,10-11,16-17,20,22H2,1-2H3/t23-,27+,32-,33+;23-,27-,32+,33-/m11/s1. The number of benzene rings is 6. The van der Waals surface area contributed by atoms with Gasteiger partial charge in [-0.05, 0) is 233 Å². The van der Waals surface area contributed by atoms with E-state index in [4.69, 9.17) is 0 Å². The highest BCUT2D eigenvalue weighted by molar-refractivity contribution is 5.84. The summed E-state index contributed by atoms with van der Waals surface area (Å²) in [6, 6.07) is 43.8. The van der Waals surface area contributed by atoms with Crippen molar-refractivity contribution in [3.8, 4) is 11.4 Å². The van der Waals surface area contributed by atoms with Gasteiger partial charge < -0.3 is 20.8 Å². The van der Waals surface area contributed by atoms with Gasteiger partial charge in [-0.15, -0.1) is 0 Å². The first-order chi connectivity index (χ1) is 36.8. The third kappa shape index (κ3) is 10.1. The van der Waals surface area contributed by atoms with E-state index in [2.05, 4.69) is 121 Å². The lowest BCUT2D eigenvalue weighted by Gasteiger charge is -2.50. The van der Waals surface area contributed by atoms with Gasteiger partial charge in [-0.1, -0.05) is 74.5 Å². The number of hydrogen-bond donors (Lipinski definition) is 4. The normalized spacial score (nSPS) is 25.9. The molecule has 0 saturated heterocycles. The molecule has 6 aromatic carbocycles. The average Bonchev–Trinajstić information content (AvgIpc) is 4.00. The number of hydrogen-bond acceptors (Lipinski definition) is 6. The number of nitrogens with zero attached hydrogens (tertiary/aromatic N) is 4. The second-order valence-electron chi connectivity index (χ2n) is 23.3. The first kappa shape index (κ1) is 52.0. The minimum Gasteiger partial charge on any atom is -0.389 e. The maximum atomic E-state index is 13.5. The Morgan fingerprint density at radius 1 is 0.553 bits per heavy atom. The average molecular weight is 1020 g/mol. The minimum atomic E-state index is -0.686. The van der Waals surface area contributed by atoms with E-state index < -0.39 is 11.2 Å². The van der Waals surface area contributed by atoms with E-state index in [-0.39, 0.29) is 34.5 Å². The molecular formula is C66H76F2N6O2. The number of aryl methyl sites for hydroxylation is 2. The van der Waals surface area contributed by atoms with Crippen LogP contribution in [0.1, 0.15) is 150 Å². The predicted octanol–water partition coefficient (Wildman–Crippen LogP) is 14.1. The van der Waals surface area contributed by atoms with E-state index in [1.54, 1.807) is 24.3 Å². The van der Waals surface area contributed by atoms with Crippen molar-refractivity contribution in [1.29, 1.82) is 0 Å². The summed E-state index contributed by atoms with van der Waals surface area (Å²) < 4.78 is 30.9. The highest BCUT2D eigenvalue weighted by Gasteiger charge is 2.51. The molecule has 0 amide bonds. The number of halogens is 2.